The Morgan fingerprint density at radius 1 is 1.33 bits per heavy atom. The van der Waals surface area contributed by atoms with Crippen molar-refractivity contribution in [3.63, 3.8) is 0 Å². The van der Waals surface area contributed by atoms with Gasteiger partial charge in [-0.25, -0.2) is 0 Å². The molecule has 0 aliphatic rings. The Morgan fingerprint density at radius 3 is 2.00 bits per heavy atom. The van der Waals surface area contributed by atoms with Crippen LogP contribution in [0.3, 0.4) is 0 Å². The van der Waals surface area contributed by atoms with Gasteiger partial charge in [-0.1, -0.05) is 0 Å². The normalized spacial score (nSPS) is 16.8. The van der Waals surface area contributed by atoms with Crippen molar-refractivity contribution in [1.82, 2.24) is 0 Å². The number of nitrogens with two attached hydrogens (primary N) is 2. The minimum Gasteiger partial charge on any atom is -0.459 e. The molecule has 12 heavy (non-hydrogen) atoms. The van der Waals surface area contributed by atoms with E-state index in [9.17, 15) is 4.79 Å². The molecule has 0 spiro atoms. The molecular formula is C8H18N2O2. The summed E-state index contributed by atoms with van der Waals surface area (Å²) < 4.78 is 5.02. The van der Waals surface area contributed by atoms with E-state index in [4.69, 9.17) is 16.2 Å². The van der Waals surface area contributed by atoms with E-state index in [1.54, 1.807) is 27.7 Å². The minimum atomic E-state index is -0.732. The Kier molecular flexibility index (Phi) is 3.67. The predicted molar refractivity (Wildman–Crippen MR) is 47.5 cm³/mol. The third-order valence-electron chi connectivity index (χ3n) is 1.25. The van der Waals surface area contributed by atoms with Crippen molar-refractivity contribution in [3.05, 3.63) is 0 Å². The fraction of sp³-hybridized carbons (Fsp3) is 0.875. The van der Waals surface area contributed by atoms with Crippen LogP contribution < -0.4 is 11.5 Å². The summed E-state index contributed by atoms with van der Waals surface area (Å²) in [4.78, 5) is 11.2. The molecule has 0 aromatic heterocycles. The lowest BCUT2D eigenvalue weighted by Crippen LogP contribution is -2.48. The molecule has 4 N–H and O–H groups in total. The first-order valence-corrected chi connectivity index (χ1v) is 3.98. The predicted octanol–water partition coefficient (Wildman–Crippen LogP) is 0.00260. The van der Waals surface area contributed by atoms with Crippen molar-refractivity contribution in [2.24, 2.45) is 11.5 Å². The molecule has 2 unspecified atom stereocenters. The molecule has 4 nitrogen and oxygen atoms in total. The van der Waals surface area contributed by atoms with Gasteiger partial charge in [-0.05, 0) is 27.7 Å². The molecule has 0 heterocycles. The van der Waals surface area contributed by atoms with Crippen molar-refractivity contribution in [1.29, 1.82) is 0 Å². The Bertz CT molecular complexity index is 161. The number of carbonyl (C=O) groups is 1. The zero-order valence-corrected chi connectivity index (χ0v) is 8.13. The Morgan fingerprint density at radius 2 is 1.75 bits per heavy atom. The highest BCUT2D eigenvalue weighted by Gasteiger charge is 2.24. The van der Waals surface area contributed by atoms with Gasteiger partial charge in [-0.15, -0.1) is 0 Å². The number of esters is 1. The number of carbonyl (C=O) groups excluding carboxylic acids is 1. The molecule has 0 aliphatic heterocycles. The minimum absolute atomic E-state index is 0.375. The van der Waals surface area contributed by atoms with Crippen molar-refractivity contribution in [2.75, 3.05) is 0 Å². The number of hydrogen-bond donors (Lipinski definition) is 2. The van der Waals surface area contributed by atoms with Gasteiger partial charge in [-0.2, -0.15) is 0 Å². The van der Waals surface area contributed by atoms with Crippen LogP contribution in [0.4, 0.5) is 0 Å². The van der Waals surface area contributed by atoms with Crippen molar-refractivity contribution in [2.45, 2.75) is 45.4 Å². The molecule has 0 rings (SSSR count). The van der Waals surface area contributed by atoms with E-state index in [1.807, 2.05) is 0 Å². The first-order chi connectivity index (χ1) is 5.24. The average molecular weight is 174 g/mol. The molecule has 0 aromatic rings. The van der Waals surface area contributed by atoms with Gasteiger partial charge >= 0.3 is 5.97 Å². The summed E-state index contributed by atoms with van der Waals surface area (Å²) in [6.45, 7) is 7.05. The zero-order chi connectivity index (χ0) is 9.94. The molecule has 2 atom stereocenters. The third-order valence-corrected chi connectivity index (χ3v) is 1.25. The molecule has 4 heteroatoms. The monoisotopic (exact) mass is 174 g/mol. The second-order valence-corrected chi connectivity index (χ2v) is 3.92. The van der Waals surface area contributed by atoms with E-state index in [0.717, 1.165) is 0 Å². The van der Waals surface area contributed by atoms with E-state index in [2.05, 4.69) is 0 Å². The van der Waals surface area contributed by atoms with Crippen LogP contribution in [0.25, 0.3) is 0 Å². The Labute approximate surface area is 73.2 Å². The lowest BCUT2D eigenvalue weighted by atomic mass is 10.1. The maximum atomic E-state index is 11.2. The van der Waals surface area contributed by atoms with Crippen LogP contribution in [-0.4, -0.2) is 23.7 Å². The van der Waals surface area contributed by atoms with E-state index >= 15 is 0 Å². The summed E-state index contributed by atoms with van der Waals surface area (Å²) in [6, 6.07) is -1.11. The fourth-order valence-electron chi connectivity index (χ4n) is 0.584. The highest BCUT2D eigenvalue weighted by atomic mass is 16.6. The summed E-state index contributed by atoms with van der Waals surface area (Å²) in [5.74, 6) is -0.447. The molecule has 0 amide bonds. The summed E-state index contributed by atoms with van der Waals surface area (Å²) >= 11 is 0. The topological polar surface area (TPSA) is 78.3 Å². The van der Waals surface area contributed by atoms with E-state index in [0.29, 0.717) is 0 Å². The maximum absolute atomic E-state index is 11.2. The van der Waals surface area contributed by atoms with Gasteiger partial charge in [0.1, 0.15) is 11.6 Å². The first-order valence-electron chi connectivity index (χ1n) is 3.98. The van der Waals surface area contributed by atoms with Crippen LogP contribution in [0.2, 0.25) is 0 Å². The Hall–Kier alpha value is -0.610. The van der Waals surface area contributed by atoms with E-state index in [1.165, 1.54) is 0 Å². The van der Waals surface area contributed by atoms with Crippen molar-refractivity contribution < 1.29 is 9.53 Å². The first kappa shape index (κ1) is 11.4. The van der Waals surface area contributed by atoms with E-state index in [-0.39, 0.29) is 6.04 Å². The molecule has 0 bridgehead atoms. The molecule has 0 fully saturated rings. The Balaban J connectivity index is 4.05. The summed E-state index contributed by atoms with van der Waals surface area (Å²) in [5.41, 5.74) is 10.4. The van der Waals surface area contributed by atoms with Crippen LogP contribution >= 0.6 is 0 Å². The zero-order valence-electron chi connectivity index (χ0n) is 8.13. The molecule has 0 aromatic carbocycles. The molecule has 0 aliphatic carbocycles. The number of hydrogen-bond acceptors (Lipinski definition) is 4. The lowest BCUT2D eigenvalue weighted by Gasteiger charge is -2.23. The number of ether oxygens (including phenoxy) is 1. The van der Waals surface area contributed by atoms with Gasteiger partial charge in [-0.3, -0.25) is 4.79 Å². The van der Waals surface area contributed by atoms with Gasteiger partial charge < -0.3 is 16.2 Å². The van der Waals surface area contributed by atoms with Gasteiger partial charge in [0, 0.05) is 6.04 Å². The molecule has 0 saturated carbocycles. The molecular weight excluding hydrogens is 156 g/mol. The van der Waals surface area contributed by atoms with E-state index < -0.39 is 17.6 Å². The largest absolute Gasteiger partial charge is 0.459 e. The van der Waals surface area contributed by atoms with Crippen LogP contribution in [0.15, 0.2) is 0 Å². The highest BCUT2D eigenvalue weighted by molar-refractivity contribution is 5.76. The van der Waals surface area contributed by atoms with Crippen molar-refractivity contribution in [3.8, 4) is 0 Å². The summed E-state index contributed by atoms with van der Waals surface area (Å²) in [5, 5.41) is 0. The molecule has 72 valence electrons. The quantitative estimate of drug-likeness (QED) is 0.578. The van der Waals surface area contributed by atoms with Crippen LogP contribution in [0.1, 0.15) is 27.7 Å². The fourth-order valence-corrected chi connectivity index (χ4v) is 0.584. The van der Waals surface area contributed by atoms with Crippen molar-refractivity contribution >= 4 is 5.97 Å². The third kappa shape index (κ3) is 4.31. The van der Waals surface area contributed by atoms with Crippen LogP contribution in [-0.2, 0) is 9.53 Å². The van der Waals surface area contributed by atoms with Gasteiger partial charge in [0.2, 0.25) is 0 Å². The SMILES string of the molecule is CC(N)C(N)C(=O)OC(C)(C)C. The summed E-state index contributed by atoms with van der Waals surface area (Å²) in [7, 11) is 0. The molecule has 0 radical (unpaired) electrons. The standard InChI is InChI=1S/C8H18N2O2/c1-5(9)6(10)7(11)12-8(2,3)4/h5-6H,9-10H2,1-4H3. The van der Waals surface area contributed by atoms with Crippen LogP contribution in [0.5, 0.6) is 0 Å². The van der Waals surface area contributed by atoms with Gasteiger partial charge in [0.25, 0.3) is 0 Å². The number of rotatable bonds is 2. The second-order valence-electron chi connectivity index (χ2n) is 3.92. The highest BCUT2D eigenvalue weighted by Crippen LogP contribution is 2.08. The van der Waals surface area contributed by atoms with Gasteiger partial charge in [0.15, 0.2) is 0 Å². The second kappa shape index (κ2) is 3.87. The maximum Gasteiger partial charge on any atom is 0.325 e. The lowest BCUT2D eigenvalue weighted by molar-refractivity contribution is -0.156. The molecule has 0 saturated heterocycles. The summed E-state index contributed by atoms with van der Waals surface area (Å²) in [6.07, 6.45) is 0. The van der Waals surface area contributed by atoms with Gasteiger partial charge in [0.05, 0.1) is 0 Å². The smallest absolute Gasteiger partial charge is 0.325 e. The average Bonchev–Trinajstić information content (AvgIpc) is 1.82. The van der Waals surface area contributed by atoms with Crippen LogP contribution in [0, 0.1) is 0 Å².